The van der Waals surface area contributed by atoms with Gasteiger partial charge in [0.1, 0.15) is 0 Å². The molecule has 2 N–H and O–H groups in total. The Morgan fingerprint density at radius 1 is 1.38 bits per heavy atom. The molecule has 1 unspecified atom stereocenters. The molecule has 0 saturated carbocycles. The summed E-state index contributed by atoms with van der Waals surface area (Å²) >= 11 is 0. The molecule has 98 valence electrons. The van der Waals surface area contributed by atoms with E-state index in [1.54, 1.807) is 7.05 Å². The van der Waals surface area contributed by atoms with Crippen LogP contribution in [0.15, 0.2) is 4.99 Å². The van der Waals surface area contributed by atoms with Crippen molar-refractivity contribution in [2.24, 2.45) is 4.99 Å². The van der Waals surface area contributed by atoms with Crippen molar-refractivity contribution >= 4 is 29.9 Å². The van der Waals surface area contributed by atoms with Crippen molar-refractivity contribution in [2.75, 3.05) is 33.7 Å². The van der Waals surface area contributed by atoms with Gasteiger partial charge >= 0.3 is 0 Å². The predicted molar refractivity (Wildman–Crippen MR) is 82.8 cm³/mol. The van der Waals surface area contributed by atoms with Gasteiger partial charge in [0.2, 0.25) is 0 Å². The van der Waals surface area contributed by atoms with Crippen molar-refractivity contribution < 1.29 is 0 Å². The molecule has 1 atom stereocenters. The molecule has 0 aliphatic rings. The molecular weight excluding hydrogens is 315 g/mol. The zero-order valence-electron chi connectivity index (χ0n) is 11.2. The van der Waals surface area contributed by atoms with E-state index in [0.717, 1.165) is 32.0 Å². The normalized spacial score (nSPS) is 13.2. The second-order valence-electron chi connectivity index (χ2n) is 3.85. The molecule has 0 aliphatic carbocycles. The van der Waals surface area contributed by atoms with Crippen LogP contribution in [-0.2, 0) is 0 Å². The highest BCUT2D eigenvalue weighted by Crippen LogP contribution is 1.87. The summed E-state index contributed by atoms with van der Waals surface area (Å²) in [6, 6.07) is 0.472. The van der Waals surface area contributed by atoms with E-state index in [2.05, 4.69) is 48.3 Å². The first-order valence-electron chi connectivity index (χ1n) is 5.79. The van der Waals surface area contributed by atoms with Crippen molar-refractivity contribution in [1.82, 2.24) is 15.5 Å². The van der Waals surface area contributed by atoms with Crippen molar-refractivity contribution in [3.8, 4) is 0 Å². The van der Waals surface area contributed by atoms with Crippen LogP contribution >= 0.6 is 24.0 Å². The molecule has 0 aromatic heterocycles. The number of hydrogen-bond acceptors (Lipinski definition) is 2. The van der Waals surface area contributed by atoms with Gasteiger partial charge in [0.15, 0.2) is 5.96 Å². The number of likely N-dealkylation sites (N-methyl/N-ethyl adjacent to an activating group) is 1. The Balaban J connectivity index is 0. The van der Waals surface area contributed by atoms with Crippen LogP contribution < -0.4 is 10.6 Å². The van der Waals surface area contributed by atoms with Gasteiger partial charge in [0.25, 0.3) is 0 Å². The molecule has 0 heterocycles. The molecule has 0 radical (unpaired) electrons. The summed E-state index contributed by atoms with van der Waals surface area (Å²) in [4.78, 5) is 6.44. The molecule has 4 nitrogen and oxygen atoms in total. The Morgan fingerprint density at radius 3 is 2.44 bits per heavy atom. The average molecular weight is 342 g/mol. The average Bonchev–Trinajstić information content (AvgIpc) is 2.26. The Morgan fingerprint density at radius 2 is 2.00 bits per heavy atom. The van der Waals surface area contributed by atoms with E-state index in [4.69, 9.17) is 0 Å². The fraction of sp³-hybridized carbons (Fsp3) is 0.909. The van der Waals surface area contributed by atoms with E-state index in [9.17, 15) is 0 Å². The third kappa shape index (κ3) is 9.21. The van der Waals surface area contributed by atoms with Crippen LogP contribution in [0.4, 0.5) is 0 Å². The molecule has 0 spiro atoms. The minimum Gasteiger partial charge on any atom is -0.355 e. The second kappa shape index (κ2) is 11.4. The number of nitrogens with zero attached hydrogens (tertiary/aromatic N) is 2. The lowest BCUT2D eigenvalue weighted by atomic mass is 10.3. The summed E-state index contributed by atoms with van der Waals surface area (Å²) in [5.41, 5.74) is 0. The quantitative estimate of drug-likeness (QED) is 0.437. The molecule has 5 heteroatoms. The second-order valence-corrected chi connectivity index (χ2v) is 3.85. The van der Waals surface area contributed by atoms with Crippen LogP contribution in [0.2, 0.25) is 0 Å². The number of rotatable bonds is 6. The van der Waals surface area contributed by atoms with Crippen molar-refractivity contribution in [3.63, 3.8) is 0 Å². The molecule has 0 bridgehead atoms. The summed E-state index contributed by atoms with van der Waals surface area (Å²) in [6.07, 6.45) is 1.11. The Labute approximate surface area is 117 Å². The zero-order valence-corrected chi connectivity index (χ0v) is 13.5. The molecule has 0 amide bonds. The predicted octanol–water partition coefficient (Wildman–Crippen LogP) is 1.52. The van der Waals surface area contributed by atoms with Gasteiger partial charge in [0.05, 0.1) is 0 Å². The molecule has 16 heavy (non-hydrogen) atoms. The molecule has 0 aromatic rings. The number of hydrogen-bond donors (Lipinski definition) is 2. The molecule has 0 aromatic carbocycles. The fourth-order valence-electron chi connectivity index (χ4n) is 1.05. The largest absolute Gasteiger partial charge is 0.355 e. The smallest absolute Gasteiger partial charge is 0.191 e. The minimum atomic E-state index is 0. The first kappa shape index (κ1) is 18.3. The van der Waals surface area contributed by atoms with E-state index in [1.807, 2.05) is 0 Å². The number of aliphatic imine (C=N–C) groups is 1. The van der Waals surface area contributed by atoms with Crippen molar-refractivity contribution in [2.45, 2.75) is 33.2 Å². The lowest BCUT2D eigenvalue weighted by Gasteiger charge is -2.18. The maximum Gasteiger partial charge on any atom is 0.191 e. The van der Waals surface area contributed by atoms with E-state index >= 15 is 0 Å². The monoisotopic (exact) mass is 342 g/mol. The Kier molecular flexibility index (Phi) is 13.1. The molecule has 0 fully saturated rings. The van der Waals surface area contributed by atoms with Gasteiger partial charge in [-0.05, 0) is 26.9 Å². The van der Waals surface area contributed by atoms with Gasteiger partial charge in [-0.15, -0.1) is 24.0 Å². The van der Waals surface area contributed by atoms with E-state index < -0.39 is 0 Å². The summed E-state index contributed by atoms with van der Waals surface area (Å²) in [5.74, 6) is 0.897. The van der Waals surface area contributed by atoms with Gasteiger partial charge in [-0.25, -0.2) is 0 Å². The Hall–Kier alpha value is -0.0400. The summed E-state index contributed by atoms with van der Waals surface area (Å²) in [5, 5.41) is 6.63. The van der Waals surface area contributed by atoms with Crippen LogP contribution in [0.1, 0.15) is 27.2 Å². The molecule has 0 rings (SSSR count). The minimum absolute atomic E-state index is 0. The van der Waals surface area contributed by atoms with Crippen molar-refractivity contribution in [1.29, 1.82) is 0 Å². The summed E-state index contributed by atoms with van der Waals surface area (Å²) < 4.78 is 0. The summed E-state index contributed by atoms with van der Waals surface area (Å²) in [6.45, 7) is 9.53. The lowest BCUT2D eigenvalue weighted by molar-refractivity contribution is 0.357. The number of halogens is 1. The van der Waals surface area contributed by atoms with Crippen LogP contribution in [-0.4, -0.2) is 50.6 Å². The fourth-order valence-corrected chi connectivity index (χ4v) is 1.05. The topological polar surface area (TPSA) is 39.7 Å². The van der Waals surface area contributed by atoms with E-state index in [1.165, 1.54) is 0 Å². The third-order valence-electron chi connectivity index (χ3n) is 2.54. The maximum atomic E-state index is 4.17. The molecule has 0 saturated heterocycles. The van der Waals surface area contributed by atoms with Gasteiger partial charge in [0, 0.05) is 26.2 Å². The SMILES string of the molecule is CCC(C)NC(=NC)NCCN(C)CC.I. The van der Waals surface area contributed by atoms with Crippen molar-refractivity contribution in [3.05, 3.63) is 0 Å². The van der Waals surface area contributed by atoms with Gasteiger partial charge in [-0.2, -0.15) is 0 Å². The third-order valence-corrected chi connectivity index (χ3v) is 2.54. The van der Waals surface area contributed by atoms with Gasteiger partial charge in [-0.1, -0.05) is 13.8 Å². The number of guanidine groups is 1. The van der Waals surface area contributed by atoms with Gasteiger partial charge < -0.3 is 15.5 Å². The standard InChI is InChI=1S/C11H26N4.HI/c1-6-10(3)14-11(12-4)13-8-9-15(5)7-2;/h10H,6-9H2,1-5H3,(H2,12,13,14);1H. The maximum absolute atomic E-state index is 4.17. The highest BCUT2D eigenvalue weighted by atomic mass is 127. The Bertz CT molecular complexity index is 185. The number of nitrogens with one attached hydrogen (secondary N) is 2. The van der Waals surface area contributed by atoms with Gasteiger partial charge in [-0.3, -0.25) is 4.99 Å². The molecule has 0 aliphatic heterocycles. The van der Waals surface area contributed by atoms with Crippen LogP contribution in [0, 0.1) is 0 Å². The van der Waals surface area contributed by atoms with E-state index in [-0.39, 0.29) is 24.0 Å². The first-order valence-corrected chi connectivity index (χ1v) is 5.79. The lowest BCUT2D eigenvalue weighted by Crippen LogP contribution is -2.44. The summed E-state index contributed by atoms with van der Waals surface area (Å²) in [7, 11) is 3.92. The first-order chi connectivity index (χ1) is 7.13. The van der Waals surface area contributed by atoms with E-state index in [0.29, 0.717) is 6.04 Å². The zero-order chi connectivity index (χ0) is 11.7. The van der Waals surface area contributed by atoms with Crippen LogP contribution in [0.3, 0.4) is 0 Å². The van der Waals surface area contributed by atoms with Crippen LogP contribution in [0.25, 0.3) is 0 Å². The molecular formula is C11H27IN4. The highest BCUT2D eigenvalue weighted by molar-refractivity contribution is 14.0. The highest BCUT2D eigenvalue weighted by Gasteiger charge is 2.02. The van der Waals surface area contributed by atoms with Crippen LogP contribution in [0.5, 0.6) is 0 Å².